The first kappa shape index (κ1) is 14.9. The van der Waals surface area contributed by atoms with Gasteiger partial charge in [0.25, 0.3) is 0 Å². The maximum absolute atomic E-state index is 13.2. The molecule has 0 saturated carbocycles. The summed E-state index contributed by atoms with van der Waals surface area (Å²) in [5, 5.41) is 4.33. The molecule has 0 spiro atoms. The number of nitrogens with one attached hydrogen (secondary N) is 1. The van der Waals surface area contributed by atoms with Crippen molar-refractivity contribution in [1.82, 2.24) is 5.32 Å². The SMILES string of the molecule is CCNC(Cc1ccc(F)cc1C)C1CCCCS1. The van der Waals surface area contributed by atoms with Crippen LogP contribution in [0.1, 0.15) is 37.3 Å². The molecular formula is C16H24FNS. The molecule has 2 atom stereocenters. The highest BCUT2D eigenvalue weighted by molar-refractivity contribution is 8.00. The molecule has 1 nitrogen and oxygen atoms in total. The van der Waals surface area contributed by atoms with E-state index >= 15 is 0 Å². The number of rotatable bonds is 5. The molecular weight excluding hydrogens is 257 g/mol. The van der Waals surface area contributed by atoms with Crippen LogP contribution >= 0.6 is 11.8 Å². The Bertz CT molecular complexity index is 402. The van der Waals surface area contributed by atoms with Gasteiger partial charge in [-0.05, 0) is 61.7 Å². The van der Waals surface area contributed by atoms with Crippen molar-refractivity contribution in [1.29, 1.82) is 0 Å². The lowest BCUT2D eigenvalue weighted by atomic mass is 9.96. The Morgan fingerprint density at radius 2 is 2.26 bits per heavy atom. The first-order chi connectivity index (χ1) is 9.20. The topological polar surface area (TPSA) is 12.0 Å². The van der Waals surface area contributed by atoms with Gasteiger partial charge in [0.15, 0.2) is 0 Å². The van der Waals surface area contributed by atoms with Crippen LogP contribution < -0.4 is 5.32 Å². The van der Waals surface area contributed by atoms with E-state index in [0.29, 0.717) is 11.3 Å². The highest BCUT2D eigenvalue weighted by Gasteiger charge is 2.24. The van der Waals surface area contributed by atoms with Crippen LogP contribution in [0.15, 0.2) is 18.2 Å². The maximum atomic E-state index is 13.2. The van der Waals surface area contributed by atoms with Gasteiger partial charge in [0, 0.05) is 11.3 Å². The van der Waals surface area contributed by atoms with Crippen LogP contribution in [0.25, 0.3) is 0 Å². The number of thioether (sulfide) groups is 1. The van der Waals surface area contributed by atoms with Gasteiger partial charge in [-0.3, -0.25) is 0 Å². The van der Waals surface area contributed by atoms with E-state index in [9.17, 15) is 4.39 Å². The number of likely N-dealkylation sites (N-methyl/N-ethyl adjacent to an activating group) is 1. The Kier molecular flexibility index (Phi) is 5.71. The van der Waals surface area contributed by atoms with Crippen molar-refractivity contribution < 1.29 is 4.39 Å². The predicted octanol–water partition coefficient (Wildman–Crippen LogP) is 3.94. The molecule has 2 unspecified atom stereocenters. The molecule has 1 aromatic rings. The number of hydrogen-bond donors (Lipinski definition) is 1. The van der Waals surface area contributed by atoms with Crippen molar-refractivity contribution >= 4 is 11.8 Å². The molecule has 0 aromatic heterocycles. The zero-order valence-corrected chi connectivity index (χ0v) is 12.7. The van der Waals surface area contributed by atoms with Gasteiger partial charge in [0.05, 0.1) is 0 Å². The molecule has 2 rings (SSSR count). The lowest BCUT2D eigenvalue weighted by molar-refractivity contribution is 0.471. The van der Waals surface area contributed by atoms with E-state index < -0.39 is 0 Å². The van der Waals surface area contributed by atoms with E-state index in [4.69, 9.17) is 0 Å². The molecule has 1 saturated heterocycles. The van der Waals surface area contributed by atoms with E-state index in [-0.39, 0.29) is 5.82 Å². The third-order valence-corrected chi connectivity index (χ3v) is 5.39. The smallest absolute Gasteiger partial charge is 0.123 e. The fourth-order valence-corrected chi connectivity index (χ4v) is 4.24. The molecule has 1 fully saturated rings. The third kappa shape index (κ3) is 4.22. The molecule has 1 aliphatic heterocycles. The van der Waals surface area contributed by atoms with Gasteiger partial charge in [-0.2, -0.15) is 11.8 Å². The monoisotopic (exact) mass is 281 g/mol. The zero-order chi connectivity index (χ0) is 13.7. The number of benzene rings is 1. The molecule has 0 bridgehead atoms. The van der Waals surface area contributed by atoms with Crippen molar-refractivity contribution in [2.45, 2.75) is 50.8 Å². The summed E-state index contributed by atoms with van der Waals surface area (Å²) < 4.78 is 13.2. The Balaban J connectivity index is 2.06. The molecule has 1 N–H and O–H groups in total. The normalized spacial score (nSPS) is 21.3. The van der Waals surface area contributed by atoms with Crippen molar-refractivity contribution in [3.8, 4) is 0 Å². The fraction of sp³-hybridized carbons (Fsp3) is 0.625. The molecule has 106 valence electrons. The summed E-state index contributed by atoms with van der Waals surface area (Å²) in [6, 6.07) is 5.69. The molecule has 3 heteroatoms. The minimum absolute atomic E-state index is 0.131. The minimum Gasteiger partial charge on any atom is -0.313 e. The third-order valence-electron chi connectivity index (χ3n) is 3.87. The van der Waals surface area contributed by atoms with E-state index in [1.54, 1.807) is 12.1 Å². The Labute approximate surface area is 120 Å². The molecule has 1 aliphatic rings. The molecule has 1 aromatic carbocycles. The van der Waals surface area contributed by atoms with E-state index in [0.717, 1.165) is 18.5 Å². The lowest BCUT2D eigenvalue weighted by Crippen LogP contribution is -2.41. The average molecular weight is 281 g/mol. The van der Waals surface area contributed by atoms with E-state index in [1.807, 2.05) is 13.0 Å². The van der Waals surface area contributed by atoms with Crippen LogP contribution in [0.3, 0.4) is 0 Å². The van der Waals surface area contributed by atoms with Crippen LogP contribution in [0.4, 0.5) is 4.39 Å². The van der Waals surface area contributed by atoms with E-state index in [1.165, 1.54) is 30.6 Å². The van der Waals surface area contributed by atoms with Gasteiger partial charge >= 0.3 is 0 Å². The van der Waals surface area contributed by atoms with Crippen LogP contribution in [0, 0.1) is 12.7 Å². The number of halogens is 1. The van der Waals surface area contributed by atoms with Crippen LogP contribution in [0.5, 0.6) is 0 Å². The summed E-state index contributed by atoms with van der Waals surface area (Å²) in [6.07, 6.45) is 5.03. The Morgan fingerprint density at radius 3 is 2.89 bits per heavy atom. The second-order valence-corrected chi connectivity index (χ2v) is 6.69. The van der Waals surface area contributed by atoms with Gasteiger partial charge in [-0.1, -0.05) is 19.4 Å². The van der Waals surface area contributed by atoms with E-state index in [2.05, 4.69) is 24.0 Å². The molecule has 1 heterocycles. The number of hydrogen-bond acceptors (Lipinski definition) is 2. The Morgan fingerprint density at radius 1 is 1.42 bits per heavy atom. The standard InChI is InChI=1S/C16H24FNS/c1-3-18-15(16-6-4-5-9-19-16)11-13-7-8-14(17)10-12(13)2/h7-8,10,15-16,18H,3-6,9,11H2,1-2H3. The fourth-order valence-electron chi connectivity index (χ4n) is 2.81. The lowest BCUT2D eigenvalue weighted by Gasteiger charge is -2.31. The highest BCUT2D eigenvalue weighted by atomic mass is 32.2. The van der Waals surface area contributed by atoms with Gasteiger partial charge in [-0.25, -0.2) is 4.39 Å². The highest BCUT2D eigenvalue weighted by Crippen LogP contribution is 2.29. The van der Waals surface area contributed by atoms with Gasteiger partial charge in [0.1, 0.15) is 5.82 Å². The maximum Gasteiger partial charge on any atom is 0.123 e. The molecule has 19 heavy (non-hydrogen) atoms. The first-order valence-corrected chi connectivity index (χ1v) is 8.35. The molecule has 0 radical (unpaired) electrons. The number of aryl methyl sites for hydroxylation is 1. The van der Waals surface area contributed by atoms with Crippen molar-refractivity contribution in [2.75, 3.05) is 12.3 Å². The summed E-state index contributed by atoms with van der Waals surface area (Å²) in [5.74, 6) is 1.16. The summed E-state index contributed by atoms with van der Waals surface area (Å²) in [6.45, 7) is 5.18. The summed E-state index contributed by atoms with van der Waals surface area (Å²) in [4.78, 5) is 0. The second kappa shape index (κ2) is 7.30. The second-order valence-electron chi connectivity index (χ2n) is 5.34. The summed E-state index contributed by atoms with van der Waals surface area (Å²) in [7, 11) is 0. The summed E-state index contributed by atoms with van der Waals surface area (Å²) >= 11 is 2.10. The average Bonchev–Trinajstić information content (AvgIpc) is 2.42. The van der Waals surface area contributed by atoms with Gasteiger partial charge in [-0.15, -0.1) is 0 Å². The van der Waals surface area contributed by atoms with Crippen molar-refractivity contribution in [3.05, 3.63) is 35.1 Å². The van der Waals surface area contributed by atoms with Crippen LogP contribution in [-0.4, -0.2) is 23.6 Å². The Hall–Kier alpha value is -0.540. The van der Waals surface area contributed by atoms with Crippen LogP contribution in [-0.2, 0) is 6.42 Å². The van der Waals surface area contributed by atoms with Gasteiger partial charge in [0.2, 0.25) is 0 Å². The largest absolute Gasteiger partial charge is 0.313 e. The molecule has 0 aliphatic carbocycles. The van der Waals surface area contributed by atoms with Crippen molar-refractivity contribution in [3.63, 3.8) is 0 Å². The first-order valence-electron chi connectivity index (χ1n) is 7.30. The molecule has 0 amide bonds. The zero-order valence-electron chi connectivity index (χ0n) is 11.9. The quantitative estimate of drug-likeness (QED) is 0.877. The van der Waals surface area contributed by atoms with Crippen molar-refractivity contribution in [2.24, 2.45) is 0 Å². The van der Waals surface area contributed by atoms with Gasteiger partial charge < -0.3 is 5.32 Å². The minimum atomic E-state index is -0.131. The summed E-state index contributed by atoms with van der Waals surface area (Å²) in [5.41, 5.74) is 2.35. The predicted molar refractivity (Wildman–Crippen MR) is 82.4 cm³/mol. The van der Waals surface area contributed by atoms with Crippen LogP contribution in [0.2, 0.25) is 0 Å².